The minimum absolute atomic E-state index is 0.0773. The van der Waals surface area contributed by atoms with E-state index in [9.17, 15) is 4.79 Å². The summed E-state index contributed by atoms with van der Waals surface area (Å²) < 4.78 is 0. The second-order valence-electron chi connectivity index (χ2n) is 5.18. The number of carbonyl (C=O) groups excluding carboxylic acids is 1. The lowest BCUT2D eigenvalue weighted by atomic mass is 10.1. The Hall–Kier alpha value is -2.88. The minimum Gasteiger partial charge on any atom is -0.348 e. The maximum Gasteiger partial charge on any atom is 0.251 e. The number of nitrogens with one attached hydrogen (secondary N) is 2. The molecule has 110 valence electrons. The molecular weight excluding hydrogens is 274 g/mol. The number of rotatable bonds is 4. The highest BCUT2D eigenvalue weighted by molar-refractivity contribution is 5.94. The Morgan fingerprint density at radius 1 is 1.09 bits per heavy atom. The Labute approximate surface area is 129 Å². The Bertz CT molecular complexity index is 744. The van der Waals surface area contributed by atoms with E-state index in [1.807, 2.05) is 55.5 Å². The smallest absolute Gasteiger partial charge is 0.251 e. The van der Waals surface area contributed by atoms with Crippen molar-refractivity contribution < 1.29 is 4.79 Å². The van der Waals surface area contributed by atoms with Crippen LogP contribution < -0.4 is 5.32 Å². The van der Waals surface area contributed by atoms with Gasteiger partial charge in [-0.05, 0) is 24.6 Å². The molecule has 0 spiro atoms. The summed E-state index contributed by atoms with van der Waals surface area (Å²) in [6, 6.07) is 15.5. The number of carbonyl (C=O) groups is 1. The summed E-state index contributed by atoms with van der Waals surface area (Å²) in [5, 5.41) is 2.93. The summed E-state index contributed by atoms with van der Waals surface area (Å²) in [6.07, 6.45) is 3.48. The Morgan fingerprint density at radius 2 is 1.82 bits per heavy atom. The number of imidazole rings is 1. The molecular formula is C18H17N3O. The Kier molecular flexibility index (Phi) is 4.01. The van der Waals surface area contributed by atoms with E-state index in [4.69, 9.17) is 0 Å². The first-order valence-corrected chi connectivity index (χ1v) is 7.16. The molecule has 0 aliphatic carbocycles. The number of amides is 1. The SMILES string of the molecule is Cc1ccc(CNC(=O)c2ccc(-c3ncc[nH]3)cc2)cc1. The predicted molar refractivity (Wildman–Crippen MR) is 86.4 cm³/mol. The first kappa shape index (κ1) is 14.1. The number of hydrogen-bond acceptors (Lipinski definition) is 2. The zero-order valence-electron chi connectivity index (χ0n) is 12.3. The summed E-state index contributed by atoms with van der Waals surface area (Å²) in [5.41, 5.74) is 3.90. The number of benzene rings is 2. The zero-order valence-corrected chi connectivity index (χ0v) is 12.3. The van der Waals surface area contributed by atoms with Crippen LogP contribution in [-0.4, -0.2) is 15.9 Å². The van der Waals surface area contributed by atoms with Gasteiger partial charge >= 0.3 is 0 Å². The molecule has 0 bridgehead atoms. The van der Waals surface area contributed by atoms with E-state index in [1.165, 1.54) is 5.56 Å². The predicted octanol–water partition coefficient (Wildman–Crippen LogP) is 3.32. The molecule has 22 heavy (non-hydrogen) atoms. The second-order valence-corrected chi connectivity index (χ2v) is 5.18. The molecule has 0 fully saturated rings. The zero-order chi connectivity index (χ0) is 15.4. The quantitative estimate of drug-likeness (QED) is 0.774. The maximum atomic E-state index is 12.1. The van der Waals surface area contributed by atoms with Gasteiger partial charge in [0.2, 0.25) is 0 Å². The molecule has 0 saturated carbocycles. The van der Waals surface area contributed by atoms with Gasteiger partial charge in [-0.1, -0.05) is 42.0 Å². The summed E-state index contributed by atoms with van der Waals surface area (Å²) in [6.45, 7) is 2.57. The van der Waals surface area contributed by atoms with Crippen molar-refractivity contribution in [2.24, 2.45) is 0 Å². The first-order chi connectivity index (χ1) is 10.7. The number of hydrogen-bond donors (Lipinski definition) is 2. The number of aromatic nitrogens is 2. The Morgan fingerprint density at radius 3 is 2.45 bits per heavy atom. The van der Waals surface area contributed by atoms with Crippen LogP contribution in [0.4, 0.5) is 0 Å². The summed E-state index contributed by atoms with van der Waals surface area (Å²) in [4.78, 5) is 19.4. The molecule has 2 aromatic carbocycles. The fourth-order valence-corrected chi connectivity index (χ4v) is 2.19. The monoisotopic (exact) mass is 291 g/mol. The van der Waals surface area contributed by atoms with Gasteiger partial charge in [0.15, 0.2) is 0 Å². The van der Waals surface area contributed by atoms with E-state index < -0.39 is 0 Å². The van der Waals surface area contributed by atoms with E-state index in [0.717, 1.165) is 17.0 Å². The fourth-order valence-electron chi connectivity index (χ4n) is 2.19. The van der Waals surface area contributed by atoms with E-state index in [2.05, 4.69) is 15.3 Å². The summed E-state index contributed by atoms with van der Waals surface area (Å²) in [5.74, 6) is 0.721. The van der Waals surface area contributed by atoms with Gasteiger partial charge in [-0.2, -0.15) is 0 Å². The maximum absolute atomic E-state index is 12.1. The second kappa shape index (κ2) is 6.26. The molecule has 3 aromatic rings. The van der Waals surface area contributed by atoms with Crippen LogP contribution in [0, 0.1) is 6.92 Å². The lowest BCUT2D eigenvalue weighted by Crippen LogP contribution is -2.22. The third-order valence-electron chi connectivity index (χ3n) is 3.49. The molecule has 1 aromatic heterocycles. The molecule has 0 radical (unpaired) electrons. The van der Waals surface area contributed by atoms with Crippen LogP contribution in [0.2, 0.25) is 0 Å². The van der Waals surface area contributed by atoms with E-state index >= 15 is 0 Å². The highest BCUT2D eigenvalue weighted by Crippen LogP contribution is 2.15. The molecule has 2 N–H and O–H groups in total. The Balaban J connectivity index is 1.63. The van der Waals surface area contributed by atoms with Crippen molar-refractivity contribution in [2.45, 2.75) is 13.5 Å². The molecule has 0 saturated heterocycles. The van der Waals surface area contributed by atoms with Crippen LogP contribution in [0.1, 0.15) is 21.5 Å². The van der Waals surface area contributed by atoms with Gasteiger partial charge in [0.1, 0.15) is 5.82 Å². The third-order valence-corrected chi connectivity index (χ3v) is 3.49. The van der Waals surface area contributed by atoms with Crippen LogP contribution in [-0.2, 0) is 6.54 Å². The molecule has 4 nitrogen and oxygen atoms in total. The molecule has 0 unspecified atom stereocenters. The molecule has 0 aliphatic rings. The van der Waals surface area contributed by atoms with Crippen molar-refractivity contribution in [3.63, 3.8) is 0 Å². The molecule has 3 rings (SSSR count). The van der Waals surface area contributed by atoms with Crippen LogP contribution in [0.15, 0.2) is 60.9 Å². The van der Waals surface area contributed by atoms with Crippen molar-refractivity contribution in [3.8, 4) is 11.4 Å². The largest absolute Gasteiger partial charge is 0.348 e. The lowest BCUT2D eigenvalue weighted by molar-refractivity contribution is 0.0951. The normalized spacial score (nSPS) is 10.4. The average Bonchev–Trinajstić information content (AvgIpc) is 3.09. The van der Waals surface area contributed by atoms with Crippen molar-refractivity contribution in [3.05, 3.63) is 77.6 Å². The van der Waals surface area contributed by atoms with Crippen molar-refractivity contribution in [1.29, 1.82) is 0 Å². The van der Waals surface area contributed by atoms with Gasteiger partial charge in [0, 0.05) is 30.1 Å². The molecule has 0 atom stereocenters. The van der Waals surface area contributed by atoms with Gasteiger partial charge in [0.05, 0.1) is 0 Å². The third kappa shape index (κ3) is 3.23. The summed E-state index contributed by atoms with van der Waals surface area (Å²) in [7, 11) is 0. The fraction of sp³-hybridized carbons (Fsp3) is 0.111. The van der Waals surface area contributed by atoms with E-state index in [1.54, 1.807) is 12.4 Å². The first-order valence-electron chi connectivity index (χ1n) is 7.16. The van der Waals surface area contributed by atoms with Crippen molar-refractivity contribution >= 4 is 5.91 Å². The number of nitrogens with zero attached hydrogens (tertiary/aromatic N) is 1. The van der Waals surface area contributed by atoms with E-state index in [-0.39, 0.29) is 5.91 Å². The average molecular weight is 291 g/mol. The van der Waals surface area contributed by atoms with E-state index in [0.29, 0.717) is 12.1 Å². The van der Waals surface area contributed by atoms with Crippen molar-refractivity contribution in [1.82, 2.24) is 15.3 Å². The van der Waals surface area contributed by atoms with Crippen LogP contribution in [0.5, 0.6) is 0 Å². The molecule has 4 heteroatoms. The standard InChI is InChI=1S/C18H17N3O/c1-13-2-4-14(5-3-13)12-21-18(22)16-8-6-15(7-9-16)17-19-10-11-20-17/h2-11H,12H2,1H3,(H,19,20)(H,21,22). The molecule has 0 aliphatic heterocycles. The van der Waals surface area contributed by atoms with Gasteiger partial charge in [-0.15, -0.1) is 0 Å². The number of aryl methyl sites for hydroxylation is 1. The van der Waals surface area contributed by atoms with Gasteiger partial charge in [0.25, 0.3) is 5.91 Å². The van der Waals surface area contributed by atoms with Crippen LogP contribution >= 0.6 is 0 Å². The molecule has 1 amide bonds. The van der Waals surface area contributed by atoms with Gasteiger partial charge in [-0.25, -0.2) is 4.98 Å². The molecule has 1 heterocycles. The van der Waals surface area contributed by atoms with Crippen LogP contribution in [0.3, 0.4) is 0 Å². The highest BCUT2D eigenvalue weighted by atomic mass is 16.1. The van der Waals surface area contributed by atoms with Crippen LogP contribution in [0.25, 0.3) is 11.4 Å². The topological polar surface area (TPSA) is 57.8 Å². The number of aromatic amines is 1. The van der Waals surface area contributed by atoms with Gasteiger partial charge < -0.3 is 10.3 Å². The number of H-pyrrole nitrogens is 1. The highest BCUT2D eigenvalue weighted by Gasteiger charge is 2.06. The lowest BCUT2D eigenvalue weighted by Gasteiger charge is -2.06. The summed E-state index contributed by atoms with van der Waals surface area (Å²) >= 11 is 0. The minimum atomic E-state index is -0.0773. The van der Waals surface area contributed by atoms with Crippen molar-refractivity contribution in [2.75, 3.05) is 0 Å². The van der Waals surface area contributed by atoms with Gasteiger partial charge in [-0.3, -0.25) is 4.79 Å².